The van der Waals surface area contributed by atoms with Crippen LogP contribution in [0.2, 0.25) is 0 Å². The van der Waals surface area contributed by atoms with Crippen molar-refractivity contribution in [1.82, 2.24) is 15.0 Å². The lowest BCUT2D eigenvalue weighted by Crippen LogP contribution is -2.29. The van der Waals surface area contributed by atoms with Crippen LogP contribution in [0.4, 0.5) is 0 Å². The van der Waals surface area contributed by atoms with E-state index >= 15 is 0 Å². The van der Waals surface area contributed by atoms with Crippen LogP contribution in [0.15, 0.2) is 16.7 Å². The molecule has 18 heavy (non-hydrogen) atoms. The molecule has 0 radical (unpaired) electrons. The maximum atomic E-state index is 11.9. The van der Waals surface area contributed by atoms with E-state index in [9.17, 15) is 4.79 Å². The number of rotatable bonds is 3. The van der Waals surface area contributed by atoms with E-state index in [0.717, 1.165) is 38.1 Å². The molecule has 1 aliphatic carbocycles. The molecule has 3 rings (SSSR count). The molecule has 2 aliphatic rings. The van der Waals surface area contributed by atoms with E-state index in [1.807, 2.05) is 11.8 Å². The zero-order valence-electron chi connectivity index (χ0n) is 10.5. The molecule has 1 saturated heterocycles. The number of likely N-dealkylation sites (tertiary alicyclic amines) is 1. The Balaban J connectivity index is 1.78. The first-order valence-electron chi connectivity index (χ1n) is 6.56. The second kappa shape index (κ2) is 4.55. The van der Waals surface area contributed by atoms with Gasteiger partial charge in [-0.25, -0.2) is 0 Å². The molecule has 1 atom stereocenters. The first kappa shape index (κ1) is 11.4. The summed E-state index contributed by atoms with van der Waals surface area (Å²) in [5.41, 5.74) is 0. The van der Waals surface area contributed by atoms with Crippen LogP contribution in [0.25, 0.3) is 0 Å². The fraction of sp³-hybridized carbons (Fsp3) is 0.615. The van der Waals surface area contributed by atoms with Gasteiger partial charge in [-0.3, -0.25) is 4.79 Å². The van der Waals surface area contributed by atoms with E-state index in [4.69, 9.17) is 4.52 Å². The molecule has 2 heterocycles. The average molecular weight is 247 g/mol. The Morgan fingerprint density at radius 2 is 2.28 bits per heavy atom. The number of hydrogen-bond donors (Lipinski definition) is 0. The Labute approximate surface area is 106 Å². The minimum atomic E-state index is -0.0336. The van der Waals surface area contributed by atoms with E-state index < -0.39 is 0 Å². The Hall–Kier alpha value is -1.65. The number of aromatic nitrogens is 2. The fourth-order valence-electron chi connectivity index (χ4n) is 2.42. The molecule has 1 saturated carbocycles. The molecule has 1 aromatic rings. The van der Waals surface area contributed by atoms with Crippen molar-refractivity contribution < 1.29 is 9.32 Å². The number of carbonyl (C=O) groups excluding carboxylic acids is 1. The highest BCUT2D eigenvalue weighted by molar-refractivity contribution is 5.88. The molecule has 0 spiro atoms. The van der Waals surface area contributed by atoms with Crippen molar-refractivity contribution >= 4 is 5.91 Å². The lowest BCUT2D eigenvalue weighted by atomic mass is 10.2. The summed E-state index contributed by atoms with van der Waals surface area (Å²) in [5, 5.41) is 4.02. The largest absolute Gasteiger partial charge is 0.337 e. The van der Waals surface area contributed by atoms with Gasteiger partial charge in [-0.1, -0.05) is 11.2 Å². The van der Waals surface area contributed by atoms with Gasteiger partial charge in [-0.05, 0) is 38.7 Å². The third-order valence-electron chi connectivity index (χ3n) is 3.53. The van der Waals surface area contributed by atoms with Crippen molar-refractivity contribution in [1.29, 1.82) is 0 Å². The number of nitrogens with zero attached hydrogens (tertiary/aromatic N) is 3. The molecule has 1 aromatic heterocycles. The molecule has 1 aliphatic heterocycles. The average Bonchev–Trinajstić information content (AvgIpc) is 2.93. The van der Waals surface area contributed by atoms with Crippen LogP contribution < -0.4 is 0 Å². The van der Waals surface area contributed by atoms with Crippen molar-refractivity contribution in [3.05, 3.63) is 23.9 Å². The maximum Gasteiger partial charge on any atom is 0.249 e. The highest BCUT2D eigenvalue weighted by Gasteiger charge is 2.35. The quantitative estimate of drug-likeness (QED) is 0.768. The number of hydrogen-bond acceptors (Lipinski definition) is 4. The van der Waals surface area contributed by atoms with Crippen molar-refractivity contribution in [2.45, 2.75) is 44.6 Å². The van der Waals surface area contributed by atoms with Gasteiger partial charge in [-0.2, -0.15) is 4.98 Å². The molecular weight excluding hydrogens is 230 g/mol. The van der Waals surface area contributed by atoms with Gasteiger partial charge in [0.2, 0.25) is 11.8 Å². The Morgan fingerprint density at radius 3 is 3.00 bits per heavy atom. The van der Waals surface area contributed by atoms with Gasteiger partial charge in [0.15, 0.2) is 5.82 Å². The molecule has 2 fully saturated rings. The van der Waals surface area contributed by atoms with Gasteiger partial charge in [-0.15, -0.1) is 0 Å². The molecule has 1 unspecified atom stereocenters. The molecule has 0 bridgehead atoms. The van der Waals surface area contributed by atoms with Gasteiger partial charge in [0.25, 0.3) is 0 Å². The topological polar surface area (TPSA) is 59.2 Å². The molecular formula is C13H17N3O2. The molecule has 0 N–H and O–H groups in total. The van der Waals surface area contributed by atoms with Crippen molar-refractivity contribution in [2.75, 3.05) is 6.54 Å². The Kier molecular flexibility index (Phi) is 2.89. The third-order valence-corrected chi connectivity index (χ3v) is 3.53. The summed E-state index contributed by atoms with van der Waals surface area (Å²) >= 11 is 0. The SMILES string of the molecule is C/C=C/C(=O)N1CCCC1c1nc(C2CC2)no1. The van der Waals surface area contributed by atoms with Gasteiger partial charge in [0, 0.05) is 12.5 Å². The van der Waals surface area contributed by atoms with Crippen molar-refractivity contribution in [3.63, 3.8) is 0 Å². The van der Waals surface area contributed by atoms with Crippen LogP contribution in [-0.2, 0) is 4.79 Å². The minimum absolute atomic E-state index is 0.0335. The van der Waals surface area contributed by atoms with Gasteiger partial charge in [0.05, 0.1) is 0 Å². The standard InChI is InChI=1S/C13H17N3O2/c1-2-4-11(17)16-8-3-5-10(16)13-14-12(15-18-13)9-6-7-9/h2,4,9-10H,3,5-8H2,1H3/b4-2+. The summed E-state index contributed by atoms with van der Waals surface area (Å²) in [5.74, 6) is 1.94. The van der Waals surface area contributed by atoms with E-state index in [1.165, 1.54) is 0 Å². The normalized spacial score (nSPS) is 24.1. The van der Waals surface area contributed by atoms with E-state index in [0.29, 0.717) is 11.8 Å². The molecule has 0 aromatic carbocycles. The first-order chi connectivity index (χ1) is 8.79. The third kappa shape index (κ3) is 2.05. The highest BCUT2D eigenvalue weighted by Crippen LogP contribution is 2.39. The van der Waals surface area contributed by atoms with Gasteiger partial charge < -0.3 is 9.42 Å². The lowest BCUT2D eigenvalue weighted by Gasteiger charge is -2.19. The molecule has 96 valence electrons. The summed E-state index contributed by atoms with van der Waals surface area (Å²) in [6.45, 7) is 2.62. The second-order valence-electron chi connectivity index (χ2n) is 4.95. The monoisotopic (exact) mass is 247 g/mol. The molecule has 5 nitrogen and oxygen atoms in total. The smallest absolute Gasteiger partial charge is 0.249 e. The van der Waals surface area contributed by atoms with Gasteiger partial charge in [0.1, 0.15) is 6.04 Å². The predicted molar refractivity (Wildman–Crippen MR) is 64.8 cm³/mol. The van der Waals surface area contributed by atoms with Crippen LogP contribution >= 0.6 is 0 Å². The first-order valence-corrected chi connectivity index (χ1v) is 6.56. The summed E-state index contributed by atoms with van der Waals surface area (Å²) in [6, 6.07) is -0.0336. The van der Waals surface area contributed by atoms with E-state index in [2.05, 4.69) is 10.1 Å². The van der Waals surface area contributed by atoms with Crippen LogP contribution in [0, 0.1) is 0 Å². The van der Waals surface area contributed by atoms with Crippen molar-refractivity contribution in [2.24, 2.45) is 0 Å². The Bertz CT molecular complexity index is 476. The van der Waals surface area contributed by atoms with Crippen LogP contribution in [0.3, 0.4) is 0 Å². The van der Waals surface area contributed by atoms with E-state index in [1.54, 1.807) is 12.2 Å². The summed E-state index contributed by atoms with van der Waals surface area (Å²) in [6.07, 6.45) is 7.58. The predicted octanol–water partition coefficient (Wildman–Crippen LogP) is 2.19. The van der Waals surface area contributed by atoms with Crippen LogP contribution in [-0.4, -0.2) is 27.5 Å². The van der Waals surface area contributed by atoms with E-state index in [-0.39, 0.29) is 11.9 Å². The number of allylic oxidation sites excluding steroid dienone is 1. The minimum Gasteiger partial charge on any atom is -0.337 e. The number of amides is 1. The molecule has 1 amide bonds. The second-order valence-corrected chi connectivity index (χ2v) is 4.95. The van der Waals surface area contributed by atoms with Gasteiger partial charge >= 0.3 is 0 Å². The zero-order chi connectivity index (χ0) is 12.5. The summed E-state index contributed by atoms with van der Waals surface area (Å²) in [4.78, 5) is 18.2. The van der Waals surface area contributed by atoms with Crippen molar-refractivity contribution in [3.8, 4) is 0 Å². The number of carbonyl (C=O) groups is 1. The Morgan fingerprint density at radius 1 is 1.44 bits per heavy atom. The zero-order valence-corrected chi connectivity index (χ0v) is 10.5. The maximum absolute atomic E-state index is 11.9. The highest BCUT2D eigenvalue weighted by atomic mass is 16.5. The fourth-order valence-corrected chi connectivity index (χ4v) is 2.42. The summed E-state index contributed by atoms with van der Waals surface area (Å²) in [7, 11) is 0. The molecule has 5 heteroatoms. The lowest BCUT2D eigenvalue weighted by molar-refractivity contribution is -0.127. The summed E-state index contributed by atoms with van der Waals surface area (Å²) < 4.78 is 5.33. The van der Waals surface area contributed by atoms with Crippen LogP contribution in [0.1, 0.15) is 56.3 Å². The van der Waals surface area contributed by atoms with Crippen LogP contribution in [0.5, 0.6) is 0 Å².